The van der Waals surface area contributed by atoms with E-state index in [9.17, 15) is 4.79 Å². The Morgan fingerprint density at radius 1 is 0.912 bits per heavy atom. The lowest BCUT2D eigenvalue weighted by atomic mass is 10.2. The molecule has 1 aliphatic rings. The molecule has 8 heteroatoms. The molecule has 0 atom stereocenters. The van der Waals surface area contributed by atoms with Crippen molar-refractivity contribution in [2.75, 3.05) is 28.6 Å². The van der Waals surface area contributed by atoms with Gasteiger partial charge in [-0.05, 0) is 63.1 Å². The van der Waals surface area contributed by atoms with E-state index in [1.807, 2.05) is 74.5 Å². The van der Waals surface area contributed by atoms with Crippen LogP contribution in [0.5, 0.6) is 0 Å². The first-order valence-corrected chi connectivity index (χ1v) is 11.5. The summed E-state index contributed by atoms with van der Waals surface area (Å²) in [5.74, 6) is 2.27. The van der Waals surface area contributed by atoms with Gasteiger partial charge in [0.2, 0.25) is 0 Å². The van der Waals surface area contributed by atoms with Crippen molar-refractivity contribution in [2.24, 2.45) is 0 Å². The van der Waals surface area contributed by atoms with Gasteiger partial charge in [-0.3, -0.25) is 4.79 Å². The second-order valence-corrected chi connectivity index (χ2v) is 8.40. The summed E-state index contributed by atoms with van der Waals surface area (Å²) in [6.07, 6.45) is 4.00. The SMILES string of the molecule is Cc1nc(Nc2ccc(NC(=O)c3cnn(-c4ccccc4)c3C)cc2)cc(N2CCCC2)n1. The highest BCUT2D eigenvalue weighted by atomic mass is 16.1. The van der Waals surface area contributed by atoms with Gasteiger partial charge < -0.3 is 15.5 Å². The zero-order valence-corrected chi connectivity index (χ0v) is 19.3. The topological polar surface area (TPSA) is 88.0 Å². The number of hydrogen-bond donors (Lipinski definition) is 2. The Hall–Kier alpha value is -4.20. The van der Waals surface area contributed by atoms with E-state index in [0.717, 1.165) is 47.6 Å². The van der Waals surface area contributed by atoms with Crippen LogP contribution >= 0.6 is 0 Å². The van der Waals surface area contributed by atoms with Crippen LogP contribution in [0.2, 0.25) is 0 Å². The van der Waals surface area contributed by atoms with Crippen LogP contribution in [-0.2, 0) is 0 Å². The largest absolute Gasteiger partial charge is 0.356 e. The molecule has 172 valence electrons. The summed E-state index contributed by atoms with van der Waals surface area (Å²) in [7, 11) is 0. The first kappa shape index (κ1) is 21.6. The number of aryl methyl sites for hydroxylation is 1. The number of anilines is 4. The van der Waals surface area contributed by atoms with Crippen molar-refractivity contribution in [3.05, 3.63) is 83.9 Å². The molecule has 2 aromatic heterocycles. The molecule has 0 aliphatic carbocycles. The van der Waals surface area contributed by atoms with Gasteiger partial charge in [-0.25, -0.2) is 14.6 Å². The summed E-state index contributed by atoms with van der Waals surface area (Å²) >= 11 is 0. The monoisotopic (exact) mass is 453 g/mol. The predicted molar refractivity (Wildman–Crippen MR) is 134 cm³/mol. The van der Waals surface area contributed by atoms with Gasteiger partial charge in [0.15, 0.2) is 0 Å². The molecule has 1 fully saturated rings. The average molecular weight is 454 g/mol. The molecule has 34 heavy (non-hydrogen) atoms. The van der Waals surface area contributed by atoms with Gasteiger partial charge in [0.1, 0.15) is 17.5 Å². The van der Waals surface area contributed by atoms with E-state index in [1.165, 1.54) is 12.8 Å². The number of rotatable bonds is 6. The van der Waals surface area contributed by atoms with Crippen LogP contribution in [0.25, 0.3) is 5.69 Å². The molecule has 0 bridgehead atoms. The molecule has 1 amide bonds. The Morgan fingerprint density at radius 2 is 1.62 bits per heavy atom. The summed E-state index contributed by atoms with van der Waals surface area (Å²) in [6, 6.07) is 19.3. The highest BCUT2D eigenvalue weighted by molar-refractivity contribution is 6.05. The minimum atomic E-state index is -0.193. The van der Waals surface area contributed by atoms with E-state index in [0.29, 0.717) is 11.3 Å². The molecule has 0 unspecified atom stereocenters. The number of aromatic nitrogens is 4. The summed E-state index contributed by atoms with van der Waals surface area (Å²) in [4.78, 5) is 24.2. The van der Waals surface area contributed by atoms with E-state index < -0.39 is 0 Å². The fourth-order valence-electron chi connectivity index (χ4n) is 4.17. The first-order valence-electron chi connectivity index (χ1n) is 11.5. The Morgan fingerprint density at radius 3 is 2.35 bits per heavy atom. The lowest BCUT2D eigenvalue weighted by Gasteiger charge is -2.18. The van der Waals surface area contributed by atoms with Crippen LogP contribution in [0, 0.1) is 13.8 Å². The second-order valence-electron chi connectivity index (χ2n) is 8.40. The van der Waals surface area contributed by atoms with Crippen LogP contribution in [-0.4, -0.2) is 38.7 Å². The van der Waals surface area contributed by atoms with Crippen LogP contribution in [0.4, 0.5) is 23.0 Å². The fourth-order valence-corrected chi connectivity index (χ4v) is 4.17. The maximum atomic E-state index is 12.9. The van der Waals surface area contributed by atoms with Crippen LogP contribution in [0.3, 0.4) is 0 Å². The van der Waals surface area contributed by atoms with Crippen molar-refractivity contribution >= 4 is 28.9 Å². The van der Waals surface area contributed by atoms with Crippen LogP contribution in [0.15, 0.2) is 66.9 Å². The number of carbonyl (C=O) groups is 1. The molecular formula is C26H27N7O. The molecule has 1 saturated heterocycles. The number of benzene rings is 2. The average Bonchev–Trinajstić information content (AvgIpc) is 3.51. The standard InChI is InChI=1S/C26H27N7O/c1-18-23(17-27-33(18)22-8-4-3-5-9-22)26(34)31-21-12-10-20(11-13-21)30-24-16-25(29-19(2)28-24)32-14-6-7-15-32/h3-5,8-13,16-17H,6-7,14-15H2,1-2H3,(H,31,34)(H,28,29,30). The summed E-state index contributed by atoms with van der Waals surface area (Å²) in [5, 5.41) is 10.7. The van der Waals surface area contributed by atoms with E-state index in [1.54, 1.807) is 10.9 Å². The molecule has 0 saturated carbocycles. The lowest BCUT2D eigenvalue weighted by Crippen LogP contribution is -2.19. The number of carbonyl (C=O) groups excluding carboxylic acids is 1. The fraction of sp³-hybridized carbons (Fsp3) is 0.231. The Kier molecular flexibility index (Phi) is 5.95. The number of amides is 1. The molecule has 2 aromatic carbocycles. The van der Waals surface area contributed by atoms with Crippen molar-refractivity contribution in [3.8, 4) is 5.69 Å². The van der Waals surface area contributed by atoms with E-state index in [-0.39, 0.29) is 5.91 Å². The van der Waals surface area contributed by atoms with Gasteiger partial charge in [0, 0.05) is 30.5 Å². The summed E-state index contributed by atoms with van der Waals surface area (Å²) in [5.41, 5.74) is 3.84. The van der Waals surface area contributed by atoms with Crippen LogP contribution < -0.4 is 15.5 Å². The predicted octanol–water partition coefficient (Wildman–Crippen LogP) is 4.88. The molecule has 3 heterocycles. The maximum absolute atomic E-state index is 12.9. The van der Waals surface area contributed by atoms with Crippen molar-refractivity contribution < 1.29 is 4.79 Å². The minimum Gasteiger partial charge on any atom is -0.356 e. The van der Waals surface area contributed by atoms with Crippen molar-refractivity contribution in [1.29, 1.82) is 0 Å². The molecule has 1 aliphatic heterocycles. The normalized spacial score (nSPS) is 13.2. The molecular weight excluding hydrogens is 426 g/mol. The van der Waals surface area contributed by atoms with Crippen molar-refractivity contribution in [3.63, 3.8) is 0 Å². The minimum absolute atomic E-state index is 0.193. The number of hydrogen-bond acceptors (Lipinski definition) is 6. The molecule has 4 aromatic rings. The summed E-state index contributed by atoms with van der Waals surface area (Å²) in [6.45, 7) is 5.87. The number of nitrogens with one attached hydrogen (secondary N) is 2. The van der Waals surface area contributed by atoms with Gasteiger partial charge in [-0.1, -0.05) is 18.2 Å². The molecule has 0 spiro atoms. The third-order valence-corrected chi connectivity index (χ3v) is 5.92. The summed E-state index contributed by atoms with van der Waals surface area (Å²) < 4.78 is 1.77. The first-order chi connectivity index (χ1) is 16.6. The molecule has 8 nitrogen and oxygen atoms in total. The van der Waals surface area contributed by atoms with Gasteiger partial charge in [-0.15, -0.1) is 0 Å². The number of para-hydroxylation sites is 1. The third-order valence-electron chi connectivity index (χ3n) is 5.92. The van der Waals surface area contributed by atoms with Gasteiger partial charge in [0.05, 0.1) is 23.1 Å². The molecule has 0 radical (unpaired) electrons. The van der Waals surface area contributed by atoms with Crippen molar-refractivity contribution in [2.45, 2.75) is 26.7 Å². The molecule has 5 rings (SSSR count). The van der Waals surface area contributed by atoms with Gasteiger partial charge in [-0.2, -0.15) is 5.10 Å². The van der Waals surface area contributed by atoms with E-state index in [4.69, 9.17) is 0 Å². The van der Waals surface area contributed by atoms with Crippen molar-refractivity contribution in [1.82, 2.24) is 19.7 Å². The zero-order chi connectivity index (χ0) is 23.5. The Balaban J connectivity index is 1.26. The van der Waals surface area contributed by atoms with Gasteiger partial charge in [0.25, 0.3) is 5.91 Å². The Bertz CT molecular complexity index is 1290. The highest BCUT2D eigenvalue weighted by Crippen LogP contribution is 2.24. The second kappa shape index (κ2) is 9.35. The highest BCUT2D eigenvalue weighted by Gasteiger charge is 2.16. The smallest absolute Gasteiger partial charge is 0.259 e. The zero-order valence-electron chi connectivity index (χ0n) is 19.3. The lowest BCUT2D eigenvalue weighted by molar-refractivity contribution is 0.102. The quantitative estimate of drug-likeness (QED) is 0.433. The van der Waals surface area contributed by atoms with E-state index in [2.05, 4.69) is 30.6 Å². The number of nitrogens with zero attached hydrogens (tertiary/aromatic N) is 5. The van der Waals surface area contributed by atoms with Crippen LogP contribution in [0.1, 0.15) is 34.7 Å². The van der Waals surface area contributed by atoms with E-state index >= 15 is 0 Å². The third kappa shape index (κ3) is 4.61. The maximum Gasteiger partial charge on any atom is 0.259 e. The Labute approximate surface area is 198 Å². The molecule has 2 N–H and O–H groups in total. The van der Waals surface area contributed by atoms with Gasteiger partial charge >= 0.3 is 0 Å².